The summed E-state index contributed by atoms with van der Waals surface area (Å²) in [7, 11) is 0. The highest BCUT2D eigenvalue weighted by Crippen LogP contribution is 2.22. The fourth-order valence-electron chi connectivity index (χ4n) is 2.87. The van der Waals surface area contributed by atoms with Gasteiger partial charge < -0.3 is 10.1 Å². The van der Waals surface area contributed by atoms with Gasteiger partial charge in [0.25, 0.3) is 0 Å². The molecule has 0 amide bonds. The van der Waals surface area contributed by atoms with Crippen LogP contribution < -0.4 is 5.32 Å². The molecule has 0 fully saturated rings. The lowest BCUT2D eigenvalue weighted by molar-refractivity contribution is 0.0560. The smallest absolute Gasteiger partial charge is 0.0750 e. The SMILES string of the molecule is c1ccc(CCCOC2CCc3ccccc3NC2)cc1. The number of hydrogen-bond donors (Lipinski definition) is 1. The summed E-state index contributed by atoms with van der Waals surface area (Å²) >= 11 is 0. The fourth-order valence-corrected chi connectivity index (χ4v) is 2.87. The third-order valence-electron chi connectivity index (χ3n) is 4.08. The maximum atomic E-state index is 6.05. The van der Waals surface area contributed by atoms with E-state index < -0.39 is 0 Å². The van der Waals surface area contributed by atoms with Crippen molar-refractivity contribution >= 4 is 5.69 Å². The first-order chi connectivity index (χ1) is 10.4. The lowest BCUT2D eigenvalue weighted by Crippen LogP contribution is -2.22. The second-order valence-electron chi connectivity index (χ2n) is 5.66. The summed E-state index contributed by atoms with van der Waals surface area (Å²) in [6.07, 6.45) is 4.73. The first kappa shape index (κ1) is 14.2. The summed E-state index contributed by atoms with van der Waals surface area (Å²) in [5, 5.41) is 3.51. The number of benzene rings is 2. The van der Waals surface area contributed by atoms with Gasteiger partial charge in [0, 0.05) is 18.8 Å². The largest absolute Gasteiger partial charge is 0.382 e. The molecule has 0 spiro atoms. The highest BCUT2D eigenvalue weighted by atomic mass is 16.5. The van der Waals surface area contributed by atoms with Gasteiger partial charge in [0.15, 0.2) is 0 Å². The van der Waals surface area contributed by atoms with Crippen molar-refractivity contribution < 1.29 is 4.74 Å². The van der Waals surface area contributed by atoms with Crippen LogP contribution in [-0.2, 0) is 17.6 Å². The molecule has 0 bridgehead atoms. The highest BCUT2D eigenvalue weighted by molar-refractivity contribution is 5.52. The molecule has 0 saturated heterocycles. The predicted molar refractivity (Wildman–Crippen MR) is 87.8 cm³/mol. The maximum Gasteiger partial charge on any atom is 0.0750 e. The van der Waals surface area contributed by atoms with Crippen molar-refractivity contribution in [1.29, 1.82) is 0 Å². The maximum absolute atomic E-state index is 6.05. The molecule has 21 heavy (non-hydrogen) atoms. The zero-order chi connectivity index (χ0) is 14.3. The molecule has 3 rings (SSSR count). The number of para-hydroxylation sites is 1. The zero-order valence-corrected chi connectivity index (χ0v) is 12.4. The highest BCUT2D eigenvalue weighted by Gasteiger charge is 2.15. The standard InChI is InChI=1S/C19H23NO/c1-2-7-16(8-3-1)9-6-14-21-18-13-12-17-10-4-5-11-19(17)20-15-18/h1-5,7-8,10-11,18,20H,6,9,12-15H2. The average molecular weight is 281 g/mol. The van der Waals surface area contributed by atoms with Gasteiger partial charge >= 0.3 is 0 Å². The van der Waals surface area contributed by atoms with Crippen LogP contribution in [0.3, 0.4) is 0 Å². The molecule has 1 N–H and O–H groups in total. The molecule has 2 nitrogen and oxygen atoms in total. The molecule has 1 atom stereocenters. The quantitative estimate of drug-likeness (QED) is 0.834. The minimum Gasteiger partial charge on any atom is -0.382 e. The van der Waals surface area contributed by atoms with Crippen LogP contribution in [-0.4, -0.2) is 19.3 Å². The van der Waals surface area contributed by atoms with E-state index in [1.165, 1.54) is 16.8 Å². The van der Waals surface area contributed by atoms with E-state index >= 15 is 0 Å². The van der Waals surface area contributed by atoms with E-state index in [-0.39, 0.29) is 0 Å². The third kappa shape index (κ3) is 4.08. The van der Waals surface area contributed by atoms with E-state index in [0.717, 1.165) is 38.8 Å². The van der Waals surface area contributed by atoms with Crippen LogP contribution in [0.5, 0.6) is 0 Å². The Balaban J connectivity index is 1.41. The molecule has 0 saturated carbocycles. The van der Waals surface area contributed by atoms with Crippen molar-refractivity contribution in [2.45, 2.75) is 31.8 Å². The first-order valence-corrected chi connectivity index (χ1v) is 7.89. The Morgan fingerprint density at radius 1 is 1.00 bits per heavy atom. The number of fused-ring (bicyclic) bond motifs is 1. The molecule has 2 aromatic carbocycles. The molecular weight excluding hydrogens is 258 g/mol. The van der Waals surface area contributed by atoms with Crippen LogP contribution >= 0.6 is 0 Å². The molecule has 2 heteroatoms. The van der Waals surface area contributed by atoms with Crippen molar-refractivity contribution in [3.8, 4) is 0 Å². The van der Waals surface area contributed by atoms with Gasteiger partial charge in [-0.25, -0.2) is 0 Å². The van der Waals surface area contributed by atoms with Crippen LogP contribution in [0, 0.1) is 0 Å². The minimum atomic E-state index is 0.327. The molecule has 0 aromatic heterocycles. The molecular formula is C19H23NO. The Labute approximate surface area is 127 Å². The summed E-state index contributed by atoms with van der Waals surface area (Å²) in [6, 6.07) is 19.2. The molecule has 1 aliphatic heterocycles. The normalized spacial score (nSPS) is 17.6. The van der Waals surface area contributed by atoms with Crippen LogP contribution in [0.25, 0.3) is 0 Å². The monoisotopic (exact) mass is 281 g/mol. The van der Waals surface area contributed by atoms with E-state index in [2.05, 4.69) is 59.9 Å². The van der Waals surface area contributed by atoms with Gasteiger partial charge in [-0.1, -0.05) is 48.5 Å². The Morgan fingerprint density at radius 3 is 2.71 bits per heavy atom. The van der Waals surface area contributed by atoms with Crippen LogP contribution in [0.2, 0.25) is 0 Å². The summed E-state index contributed by atoms with van der Waals surface area (Å²) in [4.78, 5) is 0. The molecule has 110 valence electrons. The minimum absolute atomic E-state index is 0.327. The molecule has 0 radical (unpaired) electrons. The Kier molecular flexibility index (Phi) is 4.90. The van der Waals surface area contributed by atoms with Crippen molar-refractivity contribution in [1.82, 2.24) is 0 Å². The van der Waals surface area contributed by atoms with Crippen LogP contribution in [0.15, 0.2) is 54.6 Å². The van der Waals surface area contributed by atoms with E-state index in [9.17, 15) is 0 Å². The van der Waals surface area contributed by atoms with E-state index in [4.69, 9.17) is 4.74 Å². The van der Waals surface area contributed by atoms with Gasteiger partial charge in [-0.2, -0.15) is 0 Å². The Bertz CT molecular complexity index is 526. The van der Waals surface area contributed by atoms with Gasteiger partial charge in [0.05, 0.1) is 6.10 Å². The molecule has 1 unspecified atom stereocenters. The fraction of sp³-hybridized carbons (Fsp3) is 0.368. The lowest BCUT2D eigenvalue weighted by atomic mass is 10.1. The number of aryl methyl sites for hydroxylation is 2. The van der Waals surface area contributed by atoms with Gasteiger partial charge in [-0.3, -0.25) is 0 Å². The zero-order valence-electron chi connectivity index (χ0n) is 12.4. The summed E-state index contributed by atoms with van der Waals surface area (Å²) in [5.41, 5.74) is 4.08. The summed E-state index contributed by atoms with van der Waals surface area (Å²) in [5.74, 6) is 0. The van der Waals surface area contributed by atoms with Crippen molar-refractivity contribution in [3.05, 3.63) is 65.7 Å². The first-order valence-electron chi connectivity index (χ1n) is 7.89. The van der Waals surface area contributed by atoms with Gasteiger partial charge in [-0.15, -0.1) is 0 Å². The average Bonchev–Trinajstić information content (AvgIpc) is 2.75. The number of nitrogens with one attached hydrogen (secondary N) is 1. The number of ether oxygens (including phenoxy) is 1. The van der Waals surface area contributed by atoms with Crippen molar-refractivity contribution in [2.75, 3.05) is 18.5 Å². The third-order valence-corrected chi connectivity index (χ3v) is 4.08. The topological polar surface area (TPSA) is 21.3 Å². The van der Waals surface area contributed by atoms with Gasteiger partial charge in [0.1, 0.15) is 0 Å². The Morgan fingerprint density at radius 2 is 1.81 bits per heavy atom. The second-order valence-corrected chi connectivity index (χ2v) is 5.66. The van der Waals surface area contributed by atoms with E-state index in [0.29, 0.717) is 6.10 Å². The van der Waals surface area contributed by atoms with Crippen LogP contribution in [0.1, 0.15) is 24.0 Å². The van der Waals surface area contributed by atoms with Crippen LogP contribution in [0.4, 0.5) is 5.69 Å². The summed E-state index contributed by atoms with van der Waals surface area (Å²) < 4.78 is 6.05. The molecule has 0 aliphatic carbocycles. The number of rotatable bonds is 5. The second kappa shape index (κ2) is 7.28. The summed E-state index contributed by atoms with van der Waals surface area (Å²) in [6.45, 7) is 1.76. The molecule has 1 heterocycles. The number of hydrogen-bond acceptors (Lipinski definition) is 2. The molecule has 1 aliphatic rings. The lowest BCUT2D eigenvalue weighted by Gasteiger charge is -2.15. The molecule has 2 aromatic rings. The van der Waals surface area contributed by atoms with Crippen molar-refractivity contribution in [3.63, 3.8) is 0 Å². The number of anilines is 1. The van der Waals surface area contributed by atoms with Crippen molar-refractivity contribution in [2.24, 2.45) is 0 Å². The van der Waals surface area contributed by atoms with Gasteiger partial charge in [-0.05, 0) is 42.9 Å². The van der Waals surface area contributed by atoms with Gasteiger partial charge in [0.2, 0.25) is 0 Å². The predicted octanol–water partition coefficient (Wildman–Crippen LogP) is 4.06. The Hall–Kier alpha value is -1.80. The van der Waals surface area contributed by atoms with E-state index in [1.54, 1.807) is 0 Å². The van der Waals surface area contributed by atoms with E-state index in [1.807, 2.05) is 0 Å².